The second-order valence-corrected chi connectivity index (χ2v) is 5.44. The number of nitrogens with zero attached hydrogens (tertiary/aromatic N) is 3. The van der Waals surface area contributed by atoms with Crippen molar-refractivity contribution in [1.82, 2.24) is 20.5 Å². The zero-order valence-electron chi connectivity index (χ0n) is 13.2. The summed E-state index contributed by atoms with van der Waals surface area (Å²) >= 11 is 5.02. The van der Waals surface area contributed by atoms with E-state index in [0.717, 1.165) is 22.5 Å². The summed E-state index contributed by atoms with van der Waals surface area (Å²) in [6, 6.07) is 20.0. The van der Waals surface area contributed by atoms with Crippen LogP contribution in [0.4, 0.5) is 0 Å². The molecule has 0 fully saturated rings. The van der Waals surface area contributed by atoms with Gasteiger partial charge in [0.15, 0.2) is 5.11 Å². The van der Waals surface area contributed by atoms with Crippen LogP contribution in [0, 0.1) is 0 Å². The first-order valence-corrected chi connectivity index (χ1v) is 7.90. The molecule has 0 radical (unpaired) electrons. The zero-order chi connectivity index (χ0) is 16.8. The summed E-state index contributed by atoms with van der Waals surface area (Å²) in [5, 5.41) is 12.2. The fraction of sp³-hybridized carbons (Fsp3) is 0.0556. The van der Waals surface area contributed by atoms with E-state index in [4.69, 9.17) is 17.3 Å². The lowest BCUT2D eigenvalue weighted by Gasteiger charge is -2.00. The fourth-order valence-electron chi connectivity index (χ4n) is 2.23. The predicted molar refractivity (Wildman–Crippen MR) is 101 cm³/mol. The monoisotopic (exact) mass is 335 g/mol. The van der Waals surface area contributed by atoms with Crippen molar-refractivity contribution < 1.29 is 0 Å². The Morgan fingerprint density at radius 3 is 2.42 bits per heavy atom. The maximum atomic E-state index is 5.02. The minimum absolute atomic E-state index is 0.461. The topological polar surface area (TPSA) is 54.2 Å². The summed E-state index contributed by atoms with van der Waals surface area (Å²) in [4.78, 5) is 0. The minimum atomic E-state index is 0.461. The number of benzene rings is 2. The molecule has 0 unspecified atom stereocenters. The number of para-hydroxylation sites is 1. The van der Waals surface area contributed by atoms with Crippen LogP contribution in [0.5, 0.6) is 0 Å². The molecule has 0 aliphatic heterocycles. The highest BCUT2D eigenvalue weighted by atomic mass is 32.1. The second kappa shape index (κ2) is 7.52. The number of hydrogen-bond donors (Lipinski definition) is 2. The molecule has 1 heterocycles. The van der Waals surface area contributed by atoms with Crippen LogP contribution in [0.1, 0.15) is 5.56 Å². The molecular weight excluding hydrogens is 318 g/mol. The van der Waals surface area contributed by atoms with Crippen LogP contribution in [0.2, 0.25) is 0 Å². The molecule has 0 saturated heterocycles. The molecule has 3 rings (SSSR count). The molecule has 0 amide bonds. The maximum absolute atomic E-state index is 5.02. The van der Waals surface area contributed by atoms with Crippen molar-refractivity contribution in [3.8, 4) is 16.9 Å². The van der Waals surface area contributed by atoms with Crippen molar-refractivity contribution >= 4 is 23.5 Å². The fourth-order valence-corrected chi connectivity index (χ4v) is 2.28. The molecule has 0 saturated carbocycles. The van der Waals surface area contributed by atoms with Crippen LogP contribution in [0.3, 0.4) is 0 Å². The molecule has 0 atom stereocenters. The van der Waals surface area contributed by atoms with Gasteiger partial charge in [0.05, 0.1) is 11.9 Å². The molecule has 24 heavy (non-hydrogen) atoms. The van der Waals surface area contributed by atoms with Crippen molar-refractivity contribution in [1.29, 1.82) is 0 Å². The van der Waals surface area contributed by atoms with E-state index in [-0.39, 0.29) is 0 Å². The van der Waals surface area contributed by atoms with Crippen molar-refractivity contribution in [2.75, 3.05) is 7.05 Å². The Balaban J connectivity index is 1.99. The molecule has 5 nitrogen and oxygen atoms in total. The van der Waals surface area contributed by atoms with Crippen LogP contribution in [0.25, 0.3) is 16.9 Å². The van der Waals surface area contributed by atoms with E-state index in [0.29, 0.717) is 5.11 Å². The summed E-state index contributed by atoms with van der Waals surface area (Å²) in [6.45, 7) is 0. The molecule has 3 aromatic rings. The van der Waals surface area contributed by atoms with E-state index in [1.807, 2.05) is 71.5 Å². The Kier molecular flexibility index (Phi) is 4.98. The summed E-state index contributed by atoms with van der Waals surface area (Å²) in [5.74, 6) is 0. The molecule has 2 aromatic carbocycles. The van der Waals surface area contributed by atoms with Gasteiger partial charge in [0, 0.05) is 24.4 Å². The van der Waals surface area contributed by atoms with Crippen LogP contribution >= 0.6 is 12.2 Å². The number of rotatable bonds is 4. The van der Waals surface area contributed by atoms with E-state index in [1.165, 1.54) is 0 Å². The number of hydrogen-bond acceptors (Lipinski definition) is 3. The Bertz CT molecular complexity index is 840. The molecule has 0 aliphatic carbocycles. The van der Waals surface area contributed by atoms with Crippen molar-refractivity contribution in [3.63, 3.8) is 0 Å². The van der Waals surface area contributed by atoms with E-state index in [1.54, 1.807) is 13.3 Å². The third kappa shape index (κ3) is 3.67. The standard InChI is InChI=1S/C18H17N5S/c1-19-18(24)21-20-12-15-13-23(16-10-6-3-7-11-16)22-17(15)14-8-4-2-5-9-14/h2-13H,1H3,(H2,19,21,24)/b20-12-. The van der Waals surface area contributed by atoms with Crippen molar-refractivity contribution in [2.45, 2.75) is 0 Å². The average molecular weight is 335 g/mol. The van der Waals surface area contributed by atoms with Gasteiger partial charge in [-0.2, -0.15) is 10.2 Å². The highest BCUT2D eigenvalue weighted by Gasteiger charge is 2.10. The zero-order valence-corrected chi connectivity index (χ0v) is 14.0. The third-order valence-corrected chi connectivity index (χ3v) is 3.70. The first-order chi connectivity index (χ1) is 11.8. The van der Waals surface area contributed by atoms with Gasteiger partial charge < -0.3 is 5.32 Å². The summed E-state index contributed by atoms with van der Waals surface area (Å²) in [5.41, 5.74) is 6.55. The largest absolute Gasteiger partial charge is 0.364 e. The van der Waals surface area contributed by atoms with Crippen molar-refractivity contribution in [2.24, 2.45) is 5.10 Å². The molecule has 1 aromatic heterocycles. The quantitative estimate of drug-likeness (QED) is 0.437. The number of thiocarbonyl (C=S) groups is 1. The Labute approximate surface area is 146 Å². The van der Waals surface area contributed by atoms with Gasteiger partial charge in [-0.25, -0.2) is 4.68 Å². The Morgan fingerprint density at radius 2 is 1.75 bits per heavy atom. The highest BCUT2D eigenvalue weighted by molar-refractivity contribution is 7.80. The number of nitrogens with one attached hydrogen (secondary N) is 2. The molecule has 0 bridgehead atoms. The van der Waals surface area contributed by atoms with Crippen molar-refractivity contribution in [3.05, 3.63) is 72.4 Å². The van der Waals surface area contributed by atoms with Crippen LogP contribution in [-0.4, -0.2) is 28.2 Å². The number of aromatic nitrogens is 2. The number of hydrazone groups is 1. The van der Waals surface area contributed by atoms with Gasteiger partial charge in [-0.15, -0.1) is 0 Å². The van der Waals surface area contributed by atoms with Gasteiger partial charge in [0.25, 0.3) is 0 Å². The molecule has 120 valence electrons. The van der Waals surface area contributed by atoms with Gasteiger partial charge in [0.2, 0.25) is 0 Å². The lowest BCUT2D eigenvalue weighted by molar-refractivity contribution is 0.884. The summed E-state index contributed by atoms with van der Waals surface area (Å²) in [6.07, 6.45) is 3.67. The highest BCUT2D eigenvalue weighted by Crippen LogP contribution is 2.22. The molecular formula is C18H17N5S. The third-order valence-electron chi connectivity index (χ3n) is 3.41. The molecule has 0 spiro atoms. The van der Waals surface area contributed by atoms with Gasteiger partial charge >= 0.3 is 0 Å². The van der Waals surface area contributed by atoms with Crippen LogP contribution < -0.4 is 10.7 Å². The van der Waals surface area contributed by atoms with E-state index in [9.17, 15) is 0 Å². The van der Waals surface area contributed by atoms with Gasteiger partial charge in [-0.1, -0.05) is 48.5 Å². The van der Waals surface area contributed by atoms with E-state index < -0.39 is 0 Å². The first-order valence-electron chi connectivity index (χ1n) is 7.49. The maximum Gasteiger partial charge on any atom is 0.186 e. The van der Waals surface area contributed by atoms with Crippen LogP contribution in [-0.2, 0) is 0 Å². The van der Waals surface area contributed by atoms with Crippen LogP contribution in [0.15, 0.2) is 72.0 Å². The molecule has 0 aliphatic rings. The predicted octanol–water partition coefficient (Wildman–Crippen LogP) is 2.97. The average Bonchev–Trinajstić information content (AvgIpc) is 3.07. The minimum Gasteiger partial charge on any atom is -0.364 e. The smallest absolute Gasteiger partial charge is 0.186 e. The Hall–Kier alpha value is -2.99. The summed E-state index contributed by atoms with van der Waals surface area (Å²) in [7, 11) is 1.74. The second-order valence-electron chi connectivity index (χ2n) is 5.03. The van der Waals surface area contributed by atoms with E-state index >= 15 is 0 Å². The molecule has 2 N–H and O–H groups in total. The normalized spacial score (nSPS) is 10.7. The summed E-state index contributed by atoms with van der Waals surface area (Å²) < 4.78 is 1.85. The van der Waals surface area contributed by atoms with Gasteiger partial charge in [0.1, 0.15) is 5.69 Å². The Morgan fingerprint density at radius 1 is 1.08 bits per heavy atom. The SMILES string of the molecule is CNC(=S)N/N=C\c1cn(-c2ccccc2)nc1-c1ccccc1. The first kappa shape index (κ1) is 15.9. The lowest BCUT2D eigenvalue weighted by atomic mass is 10.1. The molecule has 6 heteroatoms. The lowest BCUT2D eigenvalue weighted by Crippen LogP contribution is -2.28. The van der Waals surface area contributed by atoms with Gasteiger partial charge in [-0.05, 0) is 24.4 Å². The van der Waals surface area contributed by atoms with Gasteiger partial charge in [-0.3, -0.25) is 5.43 Å². The van der Waals surface area contributed by atoms with E-state index in [2.05, 4.69) is 15.8 Å².